The molecular weight excluding hydrogens is 463 g/mol. The van der Waals surface area contributed by atoms with E-state index in [2.05, 4.69) is 0 Å². The van der Waals surface area contributed by atoms with Crippen molar-refractivity contribution in [3.63, 3.8) is 0 Å². The third kappa shape index (κ3) is 3.30. The molecule has 0 amide bonds. The van der Waals surface area contributed by atoms with Gasteiger partial charge in [-0.25, -0.2) is 4.39 Å². The Kier molecular flexibility index (Phi) is 6.15. The zero-order valence-corrected chi connectivity index (χ0v) is 21.6. The summed E-state index contributed by atoms with van der Waals surface area (Å²) in [5.41, 5.74) is -5.33. The number of fused-ring (bicyclic) bond motifs is 5. The van der Waals surface area contributed by atoms with Crippen LogP contribution < -0.4 is 0 Å². The maximum Gasteiger partial charge on any atom is 0.309 e. The van der Waals surface area contributed by atoms with Crippen molar-refractivity contribution < 1.29 is 33.7 Å². The van der Waals surface area contributed by atoms with Gasteiger partial charge in [0.2, 0.25) is 5.78 Å². The van der Waals surface area contributed by atoms with Gasteiger partial charge in [0.1, 0.15) is 5.60 Å². The molecule has 7 heteroatoms. The average molecular weight is 503 g/mol. The van der Waals surface area contributed by atoms with E-state index in [1.54, 1.807) is 26.8 Å². The summed E-state index contributed by atoms with van der Waals surface area (Å²) in [7, 11) is 0. The first-order valence-corrected chi connectivity index (χ1v) is 13.6. The second kappa shape index (κ2) is 8.59. The Morgan fingerprint density at radius 2 is 1.83 bits per heavy atom. The second-order valence-corrected chi connectivity index (χ2v) is 12.5. The zero-order chi connectivity index (χ0) is 26.1. The van der Waals surface area contributed by atoms with Gasteiger partial charge in [0.05, 0.1) is 12.0 Å². The van der Waals surface area contributed by atoms with Crippen LogP contribution in [0, 0.1) is 34.5 Å². The van der Waals surface area contributed by atoms with E-state index in [0.29, 0.717) is 24.8 Å². The molecule has 36 heavy (non-hydrogen) atoms. The van der Waals surface area contributed by atoms with E-state index in [1.165, 1.54) is 12.2 Å². The molecule has 5 rings (SSSR count). The summed E-state index contributed by atoms with van der Waals surface area (Å²) in [5, 5.41) is 23.4. The van der Waals surface area contributed by atoms with Gasteiger partial charge in [0.25, 0.3) is 0 Å². The summed E-state index contributed by atoms with van der Waals surface area (Å²) < 4.78 is 22.6. The molecule has 2 N–H and O–H groups in total. The number of alkyl halides is 1. The van der Waals surface area contributed by atoms with Gasteiger partial charge in [0.15, 0.2) is 18.1 Å². The number of ether oxygens (including phenoxy) is 1. The summed E-state index contributed by atoms with van der Waals surface area (Å²) in [6, 6.07) is 0. The van der Waals surface area contributed by atoms with Crippen LogP contribution in [0.1, 0.15) is 78.6 Å². The average Bonchev–Trinajstić information content (AvgIpc) is 3.05. The lowest BCUT2D eigenvalue weighted by Gasteiger charge is -2.62. The van der Waals surface area contributed by atoms with Gasteiger partial charge >= 0.3 is 5.97 Å². The van der Waals surface area contributed by atoms with Gasteiger partial charge < -0.3 is 14.9 Å². The molecule has 8 atom stereocenters. The van der Waals surface area contributed by atoms with Crippen molar-refractivity contribution in [2.24, 2.45) is 34.5 Å². The van der Waals surface area contributed by atoms with Crippen LogP contribution in [0.2, 0.25) is 0 Å². The number of hydrogen-bond acceptors (Lipinski definition) is 6. The summed E-state index contributed by atoms with van der Waals surface area (Å²) >= 11 is 0. The Labute approximate surface area is 212 Å². The zero-order valence-electron chi connectivity index (χ0n) is 21.6. The Balaban J connectivity index is 1.41. The molecule has 0 aliphatic heterocycles. The number of aliphatic hydroxyl groups excluding tert-OH is 1. The van der Waals surface area contributed by atoms with Gasteiger partial charge in [-0.3, -0.25) is 14.4 Å². The predicted molar refractivity (Wildman–Crippen MR) is 130 cm³/mol. The van der Waals surface area contributed by atoms with Crippen molar-refractivity contribution in [3.8, 4) is 0 Å². The first-order valence-electron chi connectivity index (χ1n) is 13.6. The summed E-state index contributed by atoms with van der Waals surface area (Å²) in [5.74, 6) is -2.71. The molecule has 0 unspecified atom stereocenters. The fourth-order valence-corrected chi connectivity index (χ4v) is 8.84. The van der Waals surface area contributed by atoms with Gasteiger partial charge in [0, 0.05) is 16.7 Å². The van der Waals surface area contributed by atoms with Crippen molar-refractivity contribution >= 4 is 17.5 Å². The maximum absolute atomic E-state index is 17.2. The number of aliphatic hydroxyl groups is 2. The minimum absolute atomic E-state index is 0.0848. The number of ketones is 2. The van der Waals surface area contributed by atoms with Gasteiger partial charge in [-0.05, 0) is 69.4 Å². The smallest absolute Gasteiger partial charge is 0.309 e. The molecule has 198 valence electrons. The Morgan fingerprint density at radius 1 is 1.14 bits per heavy atom. The van der Waals surface area contributed by atoms with Crippen LogP contribution in [0.5, 0.6) is 0 Å². The number of rotatable bonds is 4. The second-order valence-electron chi connectivity index (χ2n) is 12.5. The molecule has 0 heterocycles. The minimum Gasteiger partial charge on any atom is -0.457 e. The van der Waals surface area contributed by atoms with E-state index in [0.717, 1.165) is 32.1 Å². The fourth-order valence-electron chi connectivity index (χ4n) is 8.84. The van der Waals surface area contributed by atoms with Gasteiger partial charge in [-0.1, -0.05) is 44.8 Å². The van der Waals surface area contributed by atoms with Crippen LogP contribution in [0.4, 0.5) is 4.39 Å². The largest absolute Gasteiger partial charge is 0.457 e. The summed E-state index contributed by atoms with van der Waals surface area (Å²) in [6.45, 7) is 4.83. The van der Waals surface area contributed by atoms with E-state index in [4.69, 9.17) is 4.74 Å². The van der Waals surface area contributed by atoms with Crippen molar-refractivity contribution in [2.45, 2.75) is 95.9 Å². The molecule has 0 aromatic carbocycles. The number of halogens is 1. The summed E-state index contributed by atoms with van der Waals surface area (Å²) in [4.78, 5) is 38.1. The highest BCUT2D eigenvalue weighted by atomic mass is 19.1. The first-order chi connectivity index (χ1) is 16.9. The molecule has 0 radical (unpaired) electrons. The van der Waals surface area contributed by atoms with Crippen LogP contribution in [0.25, 0.3) is 0 Å². The lowest BCUT2D eigenvalue weighted by atomic mass is 9.44. The summed E-state index contributed by atoms with van der Waals surface area (Å²) in [6.07, 6.45) is 8.93. The number of Topliss-reactive ketones (excluding diaryl/α,β-unsaturated/α-hetero) is 1. The molecule has 4 saturated carbocycles. The standard InChI is InChI=1S/C29H39FO6/c1-17-13-22-21-10-9-19-14-20(31)11-12-26(19,2)28(21,30)23(32)15-27(22,3)29(17,35)24(33)16-36-25(34)18-7-5-4-6-8-18/h11-12,14,17-18,21-23,32,35H,4-10,13,15-16H2,1-3H3/t17-,21+,22+,23+,26+,27+,28+,29+/m1/s1. The Hall–Kier alpha value is -1.86. The first kappa shape index (κ1) is 25.8. The molecule has 4 fully saturated rings. The number of allylic oxidation sites excluding steroid dienone is 4. The molecule has 0 spiro atoms. The third-order valence-electron chi connectivity index (χ3n) is 10.9. The van der Waals surface area contributed by atoms with Gasteiger partial charge in [-0.15, -0.1) is 0 Å². The predicted octanol–water partition coefficient (Wildman–Crippen LogP) is 4.03. The quantitative estimate of drug-likeness (QED) is 0.563. The SMILES string of the molecule is C[C@@H]1C[C@H]2[C@@H]3CCC4=CC(=O)C=C[C@]4(C)[C@@]3(F)[C@@H](O)C[C@]2(C)[C@@]1(O)C(=O)COC(=O)C1CCCCC1. The number of carbonyl (C=O) groups is 3. The Bertz CT molecular complexity index is 1030. The normalized spacial score (nSPS) is 46.4. The van der Waals surface area contributed by atoms with Crippen molar-refractivity contribution in [2.75, 3.05) is 6.61 Å². The minimum atomic E-state index is -2.01. The van der Waals surface area contributed by atoms with E-state index in [1.807, 2.05) is 0 Å². The third-order valence-corrected chi connectivity index (χ3v) is 10.9. The van der Waals surface area contributed by atoms with E-state index in [9.17, 15) is 24.6 Å². The van der Waals surface area contributed by atoms with E-state index in [-0.39, 0.29) is 30.0 Å². The number of hydrogen-bond donors (Lipinski definition) is 2. The Morgan fingerprint density at radius 3 is 2.53 bits per heavy atom. The number of carbonyl (C=O) groups excluding carboxylic acids is 3. The monoisotopic (exact) mass is 502 g/mol. The van der Waals surface area contributed by atoms with Crippen LogP contribution in [0.15, 0.2) is 23.8 Å². The molecule has 6 nitrogen and oxygen atoms in total. The van der Waals surface area contributed by atoms with Crippen molar-refractivity contribution in [3.05, 3.63) is 23.8 Å². The molecular formula is C29H39FO6. The molecule has 0 saturated heterocycles. The highest BCUT2D eigenvalue weighted by molar-refractivity contribution is 6.01. The molecule has 5 aliphatic rings. The topological polar surface area (TPSA) is 101 Å². The fraction of sp³-hybridized carbons (Fsp3) is 0.759. The lowest BCUT2D eigenvalue weighted by Crippen LogP contribution is -2.69. The van der Waals surface area contributed by atoms with Crippen LogP contribution in [-0.4, -0.2) is 51.7 Å². The van der Waals surface area contributed by atoms with Crippen molar-refractivity contribution in [1.29, 1.82) is 0 Å². The van der Waals surface area contributed by atoms with Crippen LogP contribution in [-0.2, 0) is 19.1 Å². The van der Waals surface area contributed by atoms with E-state index < -0.39 is 52.4 Å². The number of esters is 1. The molecule has 0 aromatic rings. The van der Waals surface area contributed by atoms with Crippen molar-refractivity contribution in [1.82, 2.24) is 0 Å². The molecule has 0 bridgehead atoms. The highest BCUT2D eigenvalue weighted by Gasteiger charge is 2.75. The highest BCUT2D eigenvalue weighted by Crippen LogP contribution is 2.70. The van der Waals surface area contributed by atoms with E-state index >= 15 is 4.39 Å². The van der Waals surface area contributed by atoms with Gasteiger partial charge in [-0.2, -0.15) is 0 Å². The van der Waals surface area contributed by atoms with Crippen LogP contribution >= 0.6 is 0 Å². The molecule has 0 aromatic heterocycles. The van der Waals surface area contributed by atoms with Crippen LogP contribution in [0.3, 0.4) is 0 Å². The lowest BCUT2D eigenvalue weighted by molar-refractivity contribution is -0.220. The molecule has 5 aliphatic carbocycles. The maximum atomic E-state index is 17.2.